The van der Waals surface area contributed by atoms with E-state index in [1.165, 1.54) is 0 Å². The second kappa shape index (κ2) is 7.78. The Labute approximate surface area is 189 Å². The Balaban J connectivity index is 2.06. The predicted octanol–water partition coefficient (Wildman–Crippen LogP) is 6.73. The summed E-state index contributed by atoms with van der Waals surface area (Å²) in [7, 11) is 3.21. The SMILES string of the molecule is COc1cc(-n2c(-c3ccc(Br)cc3)cc3c2CC(C)(C)CC3=O)c(OC)cc1Cl. The summed E-state index contributed by atoms with van der Waals surface area (Å²) in [5, 5.41) is 0.473. The van der Waals surface area contributed by atoms with Gasteiger partial charge in [-0.2, -0.15) is 0 Å². The molecule has 0 N–H and O–H groups in total. The van der Waals surface area contributed by atoms with Crippen molar-refractivity contribution >= 4 is 33.3 Å². The number of carbonyl (C=O) groups is 1. The molecule has 1 aliphatic rings. The molecule has 0 atom stereocenters. The fourth-order valence-electron chi connectivity index (χ4n) is 4.14. The maximum atomic E-state index is 13.0. The van der Waals surface area contributed by atoms with Gasteiger partial charge in [0, 0.05) is 34.3 Å². The van der Waals surface area contributed by atoms with E-state index >= 15 is 0 Å². The van der Waals surface area contributed by atoms with Crippen LogP contribution in [0.15, 0.2) is 46.9 Å². The maximum Gasteiger partial charge on any atom is 0.165 e. The Kier molecular flexibility index (Phi) is 5.45. The Hall–Kier alpha value is -2.24. The fourth-order valence-corrected chi connectivity index (χ4v) is 4.63. The van der Waals surface area contributed by atoms with Gasteiger partial charge in [0.15, 0.2) is 5.78 Å². The van der Waals surface area contributed by atoms with Crippen LogP contribution in [0.4, 0.5) is 0 Å². The van der Waals surface area contributed by atoms with Crippen molar-refractivity contribution < 1.29 is 14.3 Å². The van der Waals surface area contributed by atoms with Gasteiger partial charge in [0.1, 0.15) is 11.5 Å². The van der Waals surface area contributed by atoms with Crippen LogP contribution in [-0.2, 0) is 6.42 Å². The molecule has 0 spiro atoms. The molecule has 6 heteroatoms. The molecular formula is C24H23BrClNO3. The molecule has 156 valence electrons. The third-order valence-electron chi connectivity index (χ3n) is 5.52. The van der Waals surface area contributed by atoms with Crippen molar-refractivity contribution in [2.75, 3.05) is 14.2 Å². The van der Waals surface area contributed by atoms with Crippen molar-refractivity contribution in [3.63, 3.8) is 0 Å². The van der Waals surface area contributed by atoms with Gasteiger partial charge >= 0.3 is 0 Å². The van der Waals surface area contributed by atoms with Crippen molar-refractivity contribution in [2.24, 2.45) is 5.41 Å². The molecule has 4 rings (SSSR count). The lowest BCUT2D eigenvalue weighted by Crippen LogP contribution is -2.27. The van der Waals surface area contributed by atoms with Gasteiger partial charge in [0.05, 0.1) is 30.6 Å². The molecule has 1 aliphatic carbocycles. The minimum atomic E-state index is -0.124. The van der Waals surface area contributed by atoms with Crippen LogP contribution >= 0.6 is 27.5 Å². The number of hydrogen-bond acceptors (Lipinski definition) is 3. The molecule has 30 heavy (non-hydrogen) atoms. The highest BCUT2D eigenvalue weighted by molar-refractivity contribution is 9.10. The molecule has 2 aromatic carbocycles. The normalized spacial score (nSPS) is 15.1. The summed E-state index contributed by atoms with van der Waals surface area (Å²) in [6.45, 7) is 4.26. The topological polar surface area (TPSA) is 40.5 Å². The van der Waals surface area contributed by atoms with Crippen LogP contribution in [0.25, 0.3) is 16.9 Å². The number of ether oxygens (including phenoxy) is 2. The van der Waals surface area contributed by atoms with Crippen LogP contribution < -0.4 is 9.47 Å². The number of nitrogens with zero attached hydrogens (tertiary/aromatic N) is 1. The predicted molar refractivity (Wildman–Crippen MR) is 123 cm³/mol. The van der Waals surface area contributed by atoms with E-state index in [0.717, 1.165) is 39.1 Å². The molecule has 4 nitrogen and oxygen atoms in total. The summed E-state index contributed by atoms with van der Waals surface area (Å²) < 4.78 is 14.3. The first-order chi connectivity index (χ1) is 14.2. The van der Waals surface area contributed by atoms with Crippen LogP contribution in [0, 0.1) is 5.41 Å². The van der Waals surface area contributed by atoms with Gasteiger partial charge in [0.2, 0.25) is 0 Å². The largest absolute Gasteiger partial charge is 0.495 e. The second-order valence-corrected chi connectivity index (χ2v) is 9.65. The number of carbonyl (C=O) groups excluding carboxylic acids is 1. The van der Waals surface area contributed by atoms with E-state index in [-0.39, 0.29) is 11.2 Å². The minimum absolute atomic E-state index is 0.124. The number of ketones is 1. The maximum absolute atomic E-state index is 13.0. The van der Waals surface area contributed by atoms with Crippen LogP contribution in [0.2, 0.25) is 5.02 Å². The fraction of sp³-hybridized carbons (Fsp3) is 0.292. The van der Waals surface area contributed by atoms with Gasteiger partial charge in [-0.05, 0) is 35.6 Å². The van der Waals surface area contributed by atoms with Gasteiger partial charge in [0.25, 0.3) is 0 Å². The summed E-state index contributed by atoms with van der Waals surface area (Å²) in [6.07, 6.45) is 1.31. The van der Waals surface area contributed by atoms with Crippen molar-refractivity contribution in [2.45, 2.75) is 26.7 Å². The summed E-state index contributed by atoms with van der Waals surface area (Å²) >= 11 is 9.85. The highest BCUT2D eigenvalue weighted by atomic mass is 79.9. The molecule has 0 aliphatic heterocycles. The number of methoxy groups -OCH3 is 2. The van der Waals surface area contributed by atoms with Crippen molar-refractivity contribution in [3.05, 3.63) is 63.2 Å². The monoisotopic (exact) mass is 487 g/mol. The number of fused-ring (bicyclic) bond motifs is 1. The highest BCUT2D eigenvalue weighted by Gasteiger charge is 2.35. The average molecular weight is 489 g/mol. The lowest BCUT2D eigenvalue weighted by molar-refractivity contribution is 0.0911. The van der Waals surface area contributed by atoms with Crippen LogP contribution in [0.3, 0.4) is 0 Å². The zero-order valence-electron chi connectivity index (χ0n) is 17.4. The van der Waals surface area contributed by atoms with E-state index in [4.69, 9.17) is 21.1 Å². The minimum Gasteiger partial charge on any atom is -0.495 e. The average Bonchev–Trinajstić information content (AvgIpc) is 3.06. The third-order valence-corrected chi connectivity index (χ3v) is 6.35. The number of hydrogen-bond donors (Lipinski definition) is 0. The first kappa shape index (κ1) is 21.0. The number of halogens is 2. The van der Waals surface area contributed by atoms with Gasteiger partial charge in [-0.15, -0.1) is 0 Å². The van der Waals surface area contributed by atoms with Crippen LogP contribution in [0.1, 0.15) is 36.3 Å². The summed E-state index contributed by atoms with van der Waals surface area (Å²) in [5.74, 6) is 1.34. The lowest BCUT2D eigenvalue weighted by atomic mass is 9.76. The van der Waals surface area contributed by atoms with E-state index in [1.807, 2.05) is 36.4 Å². The van der Waals surface area contributed by atoms with E-state index in [2.05, 4.69) is 34.3 Å². The van der Waals surface area contributed by atoms with Gasteiger partial charge in [-0.3, -0.25) is 4.79 Å². The zero-order valence-corrected chi connectivity index (χ0v) is 19.7. The molecule has 0 saturated heterocycles. The van der Waals surface area contributed by atoms with Crippen molar-refractivity contribution in [1.82, 2.24) is 4.57 Å². The molecule has 0 amide bonds. The van der Waals surface area contributed by atoms with Crippen LogP contribution in [0.5, 0.6) is 11.5 Å². The third kappa shape index (κ3) is 3.65. The number of rotatable bonds is 4. The summed E-state index contributed by atoms with van der Waals surface area (Å²) in [4.78, 5) is 13.0. The Morgan fingerprint density at radius 1 is 1.00 bits per heavy atom. The molecule has 0 bridgehead atoms. The molecule has 0 saturated carbocycles. The Morgan fingerprint density at radius 2 is 1.67 bits per heavy atom. The van der Waals surface area contributed by atoms with Gasteiger partial charge < -0.3 is 14.0 Å². The van der Waals surface area contributed by atoms with E-state index in [1.54, 1.807) is 20.3 Å². The van der Waals surface area contributed by atoms with Crippen molar-refractivity contribution in [3.8, 4) is 28.4 Å². The first-order valence-electron chi connectivity index (χ1n) is 9.70. The van der Waals surface area contributed by atoms with Gasteiger partial charge in [-0.25, -0.2) is 0 Å². The Bertz CT molecular complexity index is 1130. The number of aromatic nitrogens is 1. The second-order valence-electron chi connectivity index (χ2n) is 8.33. The van der Waals surface area contributed by atoms with Crippen molar-refractivity contribution in [1.29, 1.82) is 0 Å². The van der Waals surface area contributed by atoms with Gasteiger partial charge in [-0.1, -0.05) is 53.5 Å². The highest BCUT2D eigenvalue weighted by Crippen LogP contribution is 2.43. The van der Waals surface area contributed by atoms with Crippen LogP contribution in [-0.4, -0.2) is 24.6 Å². The molecule has 0 unspecified atom stereocenters. The number of Topliss-reactive ketones (excluding diaryl/α,β-unsaturated/α-hetero) is 1. The molecular weight excluding hydrogens is 466 g/mol. The zero-order chi connectivity index (χ0) is 21.6. The van der Waals surface area contributed by atoms with E-state index < -0.39 is 0 Å². The quantitative estimate of drug-likeness (QED) is 0.409. The summed E-state index contributed by atoms with van der Waals surface area (Å²) in [5.41, 5.74) is 4.36. The molecule has 0 radical (unpaired) electrons. The molecule has 0 fully saturated rings. The lowest BCUT2D eigenvalue weighted by Gasteiger charge is -2.30. The first-order valence-corrected chi connectivity index (χ1v) is 10.9. The molecule has 3 aromatic rings. The van der Waals surface area contributed by atoms with E-state index in [9.17, 15) is 4.79 Å². The van der Waals surface area contributed by atoms with E-state index in [0.29, 0.717) is 22.9 Å². The number of benzene rings is 2. The standard InChI is InChI=1S/C24H23BrClNO3/c1-24(2)12-20-16(21(28)13-24)9-18(14-5-7-15(25)8-6-14)27(20)19-11-22(29-3)17(26)10-23(19)30-4/h5-11H,12-13H2,1-4H3. The molecule has 1 heterocycles. The Morgan fingerprint density at radius 3 is 2.30 bits per heavy atom. The summed E-state index contributed by atoms with van der Waals surface area (Å²) in [6, 6.07) is 13.7. The smallest absolute Gasteiger partial charge is 0.165 e. The molecule has 1 aromatic heterocycles.